The molecule has 5 rings (SSSR count). The third kappa shape index (κ3) is 4.46. The standard InChI is InChI=1S/C27H26FN3O3/c1-2-33-22-13-11-20(12-14-22)30-27(32)24-16-15-23(34-24)26-25(18-7-9-19(28)10-8-18)29-17-31(26)21-5-3-4-6-21/h7-17,21H,2-6H2,1H3,(H,30,32). The second-order valence-electron chi connectivity index (χ2n) is 8.37. The molecule has 34 heavy (non-hydrogen) atoms. The number of furan rings is 1. The number of hydrogen-bond donors (Lipinski definition) is 1. The topological polar surface area (TPSA) is 69.3 Å². The average Bonchev–Trinajstić information content (AvgIpc) is 3.61. The van der Waals surface area contributed by atoms with Gasteiger partial charge in [-0.3, -0.25) is 4.79 Å². The molecule has 1 aliphatic carbocycles. The Morgan fingerprint density at radius 2 is 1.82 bits per heavy atom. The first-order valence-corrected chi connectivity index (χ1v) is 11.6. The number of carbonyl (C=O) groups is 1. The zero-order valence-electron chi connectivity index (χ0n) is 19.0. The molecule has 1 fully saturated rings. The summed E-state index contributed by atoms with van der Waals surface area (Å²) in [5, 5.41) is 2.86. The van der Waals surface area contributed by atoms with E-state index in [9.17, 15) is 9.18 Å². The summed E-state index contributed by atoms with van der Waals surface area (Å²) in [5.41, 5.74) is 2.96. The van der Waals surface area contributed by atoms with Crippen molar-refractivity contribution in [3.05, 3.63) is 78.6 Å². The van der Waals surface area contributed by atoms with E-state index in [1.807, 2.05) is 25.4 Å². The highest BCUT2D eigenvalue weighted by Crippen LogP contribution is 2.39. The van der Waals surface area contributed by atoms with E-state index in [4.69, 9.17) is 9.15 Å². The van der Waals surface area contributed by atoms with Crippen molar-refractivity contribution in [1.29, 1.82) is 0 Å². The number of hydrogen-bond acceptors (Lipinski definition) is 4. The molecule has 0 spiro atoms. The van der Waals surface area contributed by atoms with Crippen molar-refractivity contribution in [3.63, 3.8) is 0 Å². The maximum absolute atomic E-state index is 13.5. The quantitative estimate of drug-likeness (QED) is 0.333. The SMILES string of the molecule is CCOc1ccc(NC(=O)c2ccc(-c3c(-c4ccc(F)cc4)ncn3C3CCCC3)o2)cc1. The molecule has 0 saturated heterocycles. The van der Waals surface area contributed by atoms with Gasteiger partial charge in [-0.2, -0.15) is 0 Å². The number of nitrogens with one attached hydrogen (secondary N) is 1. The van der Waals surface area contributed by atoms with Gasteiger partial charge in [0.15, 0.2) is 11.5 Å². The molecule has 0 bridgehead atoms. The molecule has 6 nitrogen and oxygen atoms in total. The van der Waals surface area contributed by atoms with Crippen LogP contribution in [-0.2, 0) is 0 Å². The van der Waals surface area contributed by atoms with Gasteiger partial charge < -0.3 is 19.0 Å². The Labute approximate surface area is 197 Å². The number of anilines is 1. The van der Waals surface area contributed by atoms with E-state index < -0.39 is 0 Å². The van der Waals surface area contributed by atoms with Gasteiger partial charge in [-0.1, -0.05) is 12.8 Å². The van der Waals surface area contributed by atoms with Crippen LogP contribution in [-0.4, -0.2) is 22.1 Å². The number of rotatable bonds is 7. The summed E-state index contributed by atoms with van der Waals surface area (Å²) in [6, 6.07) is 17.2. The van der Waals surface area contributed by atoms with Gasteiger partial charge in [0.1, 0.15) is 17.3 Å². The van der Waals surface area contributed by atoms with Crippen molar-refractivity contribution in [2.75, 3.05) is 11.9 Å². The molecule has 1 N–H and O–H groups in total. The lowest BCUT2D eigenvalue weighted by atomic mass is 10.1. The van der Waals surface area contributed by atoms with Gasteiger partial charge in [0, 0.05) is 17.3 Å². The lowest BCUT2D eigenvalue weighted by molar-refractivity contribution is 0.0997. The van der Waals surface area contributed by atoms with Crippen LogP contribution in [0.3, 0.4) is 0 Å². The molecular formula is C27H26FN3O3. The lowest BCUT2D eigenvalue weighted by Gasteiger charge is -2.15. The van der Waals surface area contributed by atoms with Crippen LogP contribution in [0.25, 0.3) is 22.7 Å². The fraction of sp³-hybridized carbons (Fsp3) is 0.259. The molecule has 1 saturated carbocycles. The van der Waals surface area contributed by atoms with Crippen LogP contribution in [0.5, 0.6) is 5.75 Å². The Bertz CT molecular complexity index is 1270. The van der Waals surface area contributed by atoms with Gasteiger partial charge in [0.25, 0.3) is 5.91 Å². The molecular weight excluding hydrogens is 433 g/mol. The van der Waals surface area contributed by atoms with Gasteiger partial charge >= 0.3 is 0 Å². The van der Waals surface area contributed by atoms with E-state index in [0.717, 1.165) is 29.8 Å². The molecule has 2 aromatic heterocycles. The molecule has 0 atom stereocenters. The van der Waals surface area contributed by atoms with E-state index in [1.165, 1.54) is 25.0 Å². The largest absolute Gasteiger partial charge is 0.494 e. The van der Waals surface area contributed by atoms with Crippen LogP contribution in [0.15, 0.2) is 71.4 Å². The predicted molar refractivity (Wildman–Crippen MR) is 128 cm³/mol. The van der Waals surface area contributed by atoms with Crippen molar-refractivity contribution in [2.24, 2.45) is 0 Å². The molecule has 2 aromatic carbocycles. The highest BCUT2D eigenvalue weighted by atomic mass is 19.1. The number of imidazole rings is 1. The predicted octanol–water partition coefficient (Wildman–Crippen LogP) is 6.72. The average molecular weight is 460 g/mol. The number of halogens is 1. The Morgan fingerprint density at radius 1 is 1.09 bits per heavy atom. The minimum Gasteiger partial charge on any atom is -0.494 e. The number of nitrogens with zero attached hydrogens (tertiary/aromatic N) is 2. The molecule has 4 aromatic rings. The minimum atomic E-state index is -0.342. The summed E-state index contributed by atoms with van der Waals surface area (Å²) in [6.07, 6.45) is 6.30. The normalized spacial score (nSPS) is 13.8. The number of amides is 1. The summed E-state index contributed by atoms with van der Waals surface area (Å²) in [5.74, 6) is 0.861. The number of carbonyl (C=O) groups excluding carboxylic acids is 1. The van der Waals surface area contributed by atoms with E-state index in [2.05, 4.69) is 14.9 Å². The lowest BCUT2D eigenvalue weighted by Crippen LogP contribution is -2.10. The maximum Gasteiger partial charge on any atom is 0.291 e. The monoisotopic (exact) mass is 459 g/mol. The van der Waals surface area contributed by atoms with Gasteiger partial charge in [-0.25, -0.2) is 9.37 Å². The number of aromatic nitrogens is 2. The summed E-state index contributed by atoms with van der Waals surface area (Å²) >= 11 is 0. The van der Waals surface area contributed by atoms with Crippen molar-refractivity contribution >= 4 is 11.6 Å². The van der Waals surface area contributed by atoms with Crippen molar-refractivity contribution in [2.45, 2.75) is 38.6 Å². The Kier molecular flexibility index (Phi) is 6.16. The van der Waals surface area contributed by atoms with E-state index in [-0.39, 0.29) is 17.5 Å². The first-order chi connectivity index (χ1) is 16.6. The molecule has 0 aliphatic heterocycles. The number of ether oxygens (including phenoxy) is 1. The molecule has 2 heterocycles. The van der Waals surface area contributed by atoms with E-state index in [1.54, 1.807) is 36.4 Å². The Hall–Kier alpha value is -3.87. The van der Waals surface area contributed by atoms with Gasteiger partial charge in [0.2, 0.25) is 0 Å². The Balaban J connectivity index is 1.44. The molecule has 7 heteroatoms. The summed E-state index contributed by atoms with van der Waals surface area (Å²) < 4.78 is 27.1. The van der Waals surface area contributed by atoms with Gasteiger partial charge in [-0.15, -0.1) is 0 Å². The second-order valence-corrected chi connectivity index (χ2v) is 8.37. The van der Waals surface area contributed by atoms with Crippen molar-refractivity contribution < 1.29 is 18.3 Å². The van der Waals surface area contributed by atoms with Gasteiger partial charge in [-0.05, 0) is 80.4 Å². The fourth-order valence-electron chi connectivity index (χ4n) is 4.46. The molecule has 0 radical (unpaired) electrons. The van der Waals surface area contributed by atoms with Gasteiger partial charge in [0.05, 0.1) is 18.6 Å². The van der Waals surface area contributed by atoms with Crippen molar-refractivity contribution in [3.8, 4) is 28.5 Å². The third-order valence-corrected chi connectivity index (χ3v) is 6.12. The minimum absolute atomic E-state index is 0.202. The first-order valence-electron chi connectivity index (χ1n) is 11.6. The Morgan fingerprint density at radius 3 is 2.53 bits per heavy atom. The maximum atomic E-state index is 13.5. The summed E-state index contributed by atoms with van der Waals surface area (Å²) in [4.78, 5) is 17.5. The molecule has 1 aliphatic rings. The zero-order valence-corrected chi connectivity index (χ0v) is 19.0. The molecule has 0 unspecified atom stereocenters. The second kappa shape index (κ2) is 9.55. The fourth-order valence-corrected chi connectivity index (χ4v) is 4.46. The summed E-state index contributed by atoms with van der Waals surface area (Å²) in [7, 11) is 0. The van der Waals surface area contributed by atoms with Crippen LogP contribution < -0.4 is 10.1 Å². The van der Waals surface area contributed by atoms with E-state index >= 15 is 0 Å². The van der Waals surface area contributed by atoms with Crippen LogP contribution in [0.4, 0.5) is 10.1 Å². The smallest absolute Gasteiger partial charge is 0.291 e. The van der Waals surface area contributed by atoms with Crippen LogP contribution in [0.2, 0.25) is 0 Å². The van der Waals surface area contributed by atoms with Crippen molar-refractivity contribution in [1.82, 2.24) is 9.55 Å². The molecule has 1 amide bonds. The molecule has 174 valence electrons. The van der Waals surface area contributed by atoms with Crippen LogP contribution >= 0.6 is 0 Å². The van der Waals surface area contributed by atoms with E-state index in [0.29, 0.717) is 29.8 Å². The zero-order chi connectivity index (χ0) is 23.5. The highest BCUT2D eigenvalue weighted by molar-refractivity contribution is 6.02. The number of benzene rings is 2. The van der Waals surface area contributed by atoms with Crippen LogP contribution in [0, 0.1) is 5.82 Å². The first kappa shape index (κ1) is 21.9. The summed E-state index contributed by atoms with van der Waals surface area (Å²) in [6.45, 7) is 2.50. The van der Waals surface area contributed by atoms with Crippen LogP contribution in [0.1, 0.15) is 49.2 Å². The highest BCUT2D eigenvalue weighted by Gasteiger charge is 2.26. The third-order valence-electron chi connectivity index (χ3n) is 6.12.